The van der Waals surface area contributed by atoms with Crippen molar-refractivity contribution in [2.45, 2.75) is 20.0 Å². The van der Waals surface area contributed by atoms with Gasteiger partial charge in [0, 0.05) is 5.02 Å². The number of esters is 1. The molecule has 0 spiro atoms. The zero-order valence-corrected chi connectivity index (χ0v) is 10.1. The zero-order chi connectivity index (χ0) is 12.8. The maximum absolute atomic E-state index is 11.4. The van der Waals surface area contributed by atoms with Crippen molar-refractivity contribution in [1.82, 2.24) is 0 Å². The lowest BCUT2D eigenvalue weighted by molar-refractivity contribution is -0.142. The number of aliphatic hydroxyl groups is 1. The summed E-state index contributed by atoms with van der Waals surface area (Å²) < 4.78 is 4.81. The molecule has 0 amide bonds. The fourth-order valence-electron chi connectivity index (χ4n) is 1.46. The second kappa shape index (κ2) is 6.24. The summed E-state index contributed by atoms with van der Waals surface area (Å²) in [7, 11) is 0. The molecule has 0 saturated heterocycles. The van der Waals surface area contributed by atoms with E-state index in [2.05, 4.69) is 0 Å². The Kier molecular flexibility index (Phi) is 4.95. The molecule has 5 heteroatoms. The van der Waals surface area contributed by atoms with Gasteiger partial charge < -0.3 is 9.84 Å². The first kappa shape index (κ1) is 13.5. The van der Waals surface area contributed by atoms with Gasteiger partial charge in [-0.25, -0.2) is 0 Å². The largest absolute Gasteiger partial charge is 0.466 e. The summed E-state index contributed by atoms with van der Waals surface area (Å²) in [4.78, 5) is 11.4. The summed E-state index contributed by atoms with van der Waals surface area (Å²) in [5.74, 6) is -0.409. The number of carbonyl (C=O) groups is 1. The number of halogens is 1. The number of ether oxygens (including phenoxy) is 1. The van der Waals surface area contributed by atoms with Crippen LogP contribution in [0.1, 0.15) is 23.6 Å². The minimum Gasteiger partial charge on any atom is -0.466 e. The summed E-state index contributed by atoms with van der Waals surface area (Å²) in [5.41, 5.74) is 1.33. The first-order valence-electron chi connectivity index (χ1n) is 5.10. The maximum atomic E-state index is 11.4. The third kappa shape index (κ3) is 3.45. The Balaban J connectivity index is 3.08. The topological polar surface area (TPSA) is 70.3 Å². The second-order valence-corrected chi connectivity index (χ2v) is 3.75. The lowest BCUT2D eigenvalue weighted by Crippen LogP contribution is -2.10. The van der Waals surface area contributed by atoms with Gasteiger partial charge in [-0.15, -0.1) is 0 Å². The van der Waals surface area contributed by atoms with Crippen molar-refractivity contribution in [3.05, 3.63) is 33.8 Å². The molecule has 0 aliphatic rings. The minimum atomic E-state index is -0.409. The fourth-order valence-corrected chi connectivity index (χ4v) is 1.76. The smallest absolute Gasteiger partial charge is 0.310 e. The van der Waals surface area contributed by atoms with Crippen LogP contribution in [0.25, 0.3) is 0 Å². The molecular weight excluding hydrogens is 242 g/mol. The Bertz CT molecular complexity index is 466. The molecule has 0 unspecified atom stereocenters. The van der Waals surface area contributed by atoms with E-state index in [-0.39, 0.29) is 18.1 Å². The van der Waals surface area contributed by atoms with Crippen LogP contribution < -0.4 is 0 Å². The normalized spacial score (nSPS) is 9.76. The Morgan fingerprint density at radius 3 is 2.82 bits per heavy atom. The van der Waals surface area contributed by atoms with Crippen molar-refractivity contribution in [1.29, 1.82) is 5.26 Å². The number of aliphatic hydroxyl groups excluding tert-OH is 1. The lowest BCUT2D eigenvalue weighted by atomic mass is 10.0. The Labute approximate surface area is 104 Å². The van der Waals surface area contributed by atoms with Gasteiger partial charge in [0.05, 0.1) is 31.3 Å². The Hall–Kier alpha value is -1.57. The van der Waals surface area contributed by atoms with Crippen LogP contribution in [0.3, 0.4) is 0 Å². The number of carbonyl (C=O) groups excluding carboxylic acids is 1. The molecule has 0 aromatic heterocycles. The molecule has 0 atom stereocenters. The quantitative estimate of drug-likeness (QED) is 0.831. The number of nitriles is 1. The molecule has 90 valence electrons. The molecule has 0 heterocycles. The van der Waals surface area contributed by atoms with Gasteiger partial charge in [-0.2, -0.15) is 5.26 Å². The lowest BCUT2D eigenvalue weighted by Gasteiger charge is -2.09. The molecule has 1 aromatic carbocycles. The number of hydrogen-bond acceptors (Lipinski definition) is 4. The fraction of sp³-hybridized carbons (Fsp3) is 0.333. The molecule has 0 aliphatic carbocycles. The average Bonchev–Trinajstić information content (AvgIpc) is 2.28. The van der Waals surface area contributed by atoms with Gasteiger partial charge in [0.25, 0.3) is 0 Å². The molecule has 0 bridgehead atoms. The highest BCUT2D eigenvalue weighted by Crippen LogP contribution is 2.23. The van der Waals surface area contributed by atoms with E-state index in [1.54, 1.807) is 6.92 Å². The molecule has 0 radical (unpaired) electrons. The van der Waals surface area contributed by atoms with Crippen molar-refractivity contribution in [3.63, 3.8) is 0 Å². The van der Waals surface area contributed by atoms with Crippen LogP contribution in [-0.4, -0.2) is 17.7 Å². The predicted octanol–water partition coefficient (Wildman–Crippen LogP) is 1.81. The molecule has 0 saturated carbocycles. The average molecular weight is 254 g/mol. The molecule has 4 nitrogen and oxygen atoms in total. The molecule has 1 aromatic rings. The van der Waals surface area contributed by atoms with Crippen LogP contribution in [-0.2, 0) is 22.6 Å². The number of hydrogen-bond donors (Lipinski definition) is 1. The number of rotatable bonds is 4. The van der Waals surface area contributed by atoms with E-state index < -0.39 is 5.97 Å². The zero-order valence-electron chi connectivity index (χ0n) is 9.36. The summed E-state index contributed by atoms with van der Waals surface area (Å²) in [6.07, 6.45) is -0.00102. The van der Waals surface area contributed by atoms with Crippen LogP contribution in [0.5, 0.6) is 0 Å². The summed E-state index contributed by atoms with van der Waals surface area (Å²) in [5, 5.41) is 18.3. The minimum absolute atomic E-state index is 0.00102. The summed E-state index contributed by atoms with van der Waals surface area (Å²) in [6, 6.07) is 4.94. The first-order valence-corrected chi connectivity index (χ1v) is 5.48. The Morgan fingerprint density at radius 1 is 1.59 bits per heavy atom. The Morgan fingerprint density at radius 2 is 2.29 bits per heavy atom. The van der Waals surface area contributed by atoms with E-state index in [0.717, 1.165) is 0 Å². The highest BCUT2D eigenvalue weighted by Gasteiger charge is 2.13. The van der Waals surface area contributed by atoms with Gasteiger partial charge >= 0.3 is 5.97 Å². The van der Waals surface area contributed by atoms with Crippen molar-refractivity contribution >= 4 is 17.6 Å². The van der Waals surface area contributed by atoms with Gasteiger partial charge in [0.15, 0.2) is 0 Å². The maximum Gasteiger partial charge on any atom is 0.310 e. The van der Waals surface area contributed by atoms with E-state index in [1.807, 2.05) is 6.07 Å². The van der Waals surface area contributed by atoms with Gasteiger partial charge in [-0.3, -0.25) is 4.79 Å². The van der Waals surface area contributed by atoms with Gasteiger partial charge in [0.2, 0.25) is 0 Å². The van der Waals surface area contributed by atoms with Crippen LogP contribution in [0.15, 0.2) is 12.1 Å². The molecular formula is C12H12ClNO3. The van der Waals surface area contributed by atoms with Crippen LogP contribution in [0.2, 0.25) is 5.02 Å². The molecule has 1 N–H and O–H groups in total. The van der Waals surface area contributed by atoms with Crippen molar-refractivity contribution in [2.75, 3.05) is 6.61 Å². The third-order valence-electron chi connectivity index (χ3n) is 2.22. The molecule has 1 rings (SSSR count). The first-order chi connectivity index (χ1) is 8.12. The molecule has 0 aliphatic heterocycles. The van der Waals surface area contributed by atoms with E-state index in [4.69, 9.17) is 21.6 Å². The van der Waals surface area contributed by atoms with Crippen LogP contribution in [0, 0.1) is 11.3 Å². The van der Waals surface area contributed by atoms with E-state index >= 15 is 0 Å². The monoisotopic (exact) mass is 253 g/mol. The van der Waals surface area contributed by atoms with Gasteiger partial charge in [-0.1, -0.05) is 11.6 Å². The van der Waals surface area contributed by atoms with Gasteiger partial charge in [-0.05, 0) is 30.2 Å². The van der Waals surface area contributed by atoms with E-state index in [9.17, 15) is 9.90 Å². The number of nitrogens with zero attached hydrogens (tertiary/aromatic N) is 1. The van der Waals surface area contributed by atoms with E-state index in [1.165, 1.54) is 12.1 Å². The van der Waals surface area contributed by atoms with Crippen LogP contribution in [0.4, 0.5) is 0 Å². The predicted molar refractivity (Wildman–Crippen MR) is 62.4 cm³/mol. The van der Waals surface area contributed by atoms with Crippen molar-refractivity contribution in [2.24, 2.45) is 0 Å². The highest BCUT2D eigenvalue weighted by atomic mass is 35.5. The molecule has 17 heavy (non-hydrogen) atoms. The second-order valence-electron chi connectivity index (χ2n) is 3.35. The third-order valence-corrected chi connectivity index (χ3v) is 2.55. The van der Waals surface area contributed by atoms with Crippen molar-refractivity contribution in [3.8, 4) is 6.07 Å². The summed E-state index contributed by atoms with van der Waals surface area (Å²) >= 11 is 5.91. The van der Waals surface area contributed by atoms with Crippen LogP contribution >= 0.6 is 11.6 Å². The van der Waals surface area contributed by atoms with E-state index in [0.29, 0.717) is 23.3 Å². The summed E-state index contributed by atoms with van der Waals surface area (Å²) in [6.45, 7) is 1.72. The highest BCUT2D eigenvalue weighted by molar-refractivity contribution is 6.31. The van der Waals surface area contributed by atoms with Crippen molar-refractivity contribution < 1.29 is 14.6 Å². The molecule has 0 fully saturated rings. The SMILES string of the molecule is CCOC(=O)Cc1cc(C#N)cc(Cl)c1CO. The standard InChI is InChI=1S/C12H12ClNO3/c1-2-17-12(16)5-9-3-8(6-14)4-11(13)10(9)7-15/h3-4,15H,2,5,7H2,1H3. The number of benzene rings is 1. The van der Waals surface area contributed by atoms with Gasteiger partial charge in [0.1, 0.15) is 0 Å².